The fourth-order valence-electron chi connectivity index (χ4n) is 1.99. The van der Waals surface area contributed by atoms with E-state index in [1.807, 2.05) is 30.3 Å². The van der Waals surface area contributed by atoms with Crippen molar-refractivity contribution in [2.45, 2.75) is 13.3 Å². The van der Waals surface area contributed by atoms with Crippen LogP contribution in [0.15, 0.2) is 60.7 Å². The van der Waals surface area contributed by atoms with Crippen molar-refractivity contribution >= 4 is 11.3 Å². The normalized spacial score (nSPS) is 11.3. The summed E-state index contributed by atoms with van der Waals surface area (Å²) in [5.74, 6) is 0. The summed E-state index contributed by atoms with van der Waals surface area (Å²) in [4.78, 5) is 10.3. The Morgan fingerprint density at radius 1 is 1.05 bits per heavy atom. The van der Waals surface area contributed by atoms with Crippen LogP contribution in [0.5, 0.6) is 0 Å². The van der Waals surface area contributed by atoms with Gasteiger partial charge in [-0.1, -0.05) is 43.3 Å². The maximum absolute atomic E-state index is 10.7. The molecule has 96 valence electrons. The topological polar surface area (TPSA) is 43.1 Å². The van der Waals surface area contributed by atoms with Crippen molar-refractivity contribution in [2.24, 2.45) is 0 Å². The van der Waals surface area contributed by atoms with Gasteiger partial charge in [-0.3, -0.25) is 10.1 Å². The molecule has 0 bridgehead atoms. The number of non-ortho nitro benzene ring substituents is 1. The highest BCUT2D eigenvalue weighted by Crippen LogP contribution is 2.25. The quantitative estimate of drug-likeness (QED) is 0.597. The van der Waals surface area contributed by atoms with Crippen molar-refractivity contribution in [2.75, 3.05) is 0 Å². The zero-order valence-electron chi connectivity index (χ0n) is 10.7. The molecular formula is C16H15NO2. The van der Waals surface area contributed by atoms with Crippen LogP contribution >= 0.6 is 0 Å². The van der Waals surface area contributed by atoms with E-state index in [1.54, 1.807) is 24.3 Å². The van der Waals surface area contributed by atoms with Crippen LogP contribution in [0.3, 0.4) is 0 Å². The minimum atomic E-state index is -0.379. The van der Waals surface area contributed by atoms with Gasteiger partial charge in [0.25, 0.3) is 5.69 Å². The molecule has 19 heavy (non-hydrogen) atoms. The number of nitro groups is 1. The molecule has 0 unspecified atom stereocenters. The number of allylic oxidation sites excluding steroid dienone is 1. The highest BCUT2D eigenvalue weighted by atomic mass is 16.6. The zero-order chi connectivity index (χ0) is 13.7. The first kappa shape index (κ1) is 13.0. The van der Waals surface area contributed by atoms with Crippen molar-refractivity contribution in [3.8, 4) is 0 Å². The standard InChI is InChI=1S/C16H15NO2/c1-2-6-16(13-7-4-3-5-8-13)14-9-11-15(12-10-14)17(18)19/h3-12H,2H2,1H3/b16-6+. The Labute approximate surface area is 112 Å². The van der Waals surface area contributed by atoms with Crippen LogP contribution in [0.1, 0.15) is 24.5 Å². The van der Waals surface area contributed by atoms with E-state index in [0.717, 1.165) is 23.1 Å². The second-order valence-electron chi connectivity index (χ2n) is 4.20. The van der Waals surface area contributed by atoms with E-state index in [2.05, 4.69) is 13.0 Å². The lowest BCUT2D eigenvalue weighted by Crippen LogP contribution is -1.91. The molecule has 0 saturated carbocycles. The first-order chi connectivity index (χ1) is 9.22. The maximum Gasteiger partial charge on any atom is 0.269 e. The molecule has 0 amide bonds. The largest absolute Gasteiger partial charge is 0.269 e. The SMILES string of the molecule is CC/C=C(\c1ccccc1)c1ccc([N+](=O)[O-])cc1. The molecule has 0 heterocycles. The van der Waals surface area contributed by atoms with Crippen LogP contribution < -0.4 is 0 Å². The molecule has 0 aromatic heterocycles. The molecule has 0 fully saturated rings. The summed E-state index contributed by atoms with van der Waals surface area (Å²) in [6.45, 7) is 2.08. The Morgan fingerprint density at radius 3 is 2.16 bits per heavy atom. The molecular weight excluding hydrogens is 238 g/mol. The van der Waals surface area contributed by atoms with Crippen LogP contribution in [0.4, 0.5) is 5.69 Å². The van der Waals surface area contributed by atoms with E-state index in [-0.39, 0.29) is 10.6 Å². The van der Waals surface area contributed by atoms with Gasteiger partial charge in [0.2, 0.25) is 0 Å². The summed E-state index contributed by atoms with van der Waals surface area (Å²) in [5, 5.41) is 10.7. The van der Waals surface area contributed by atoms with Gasteiger partial charge >= 0.3 is 0 Å². The lowest BCUT2D eigenvalue weighted by molar-refractivity contribution is -0.384. The van der Waals surface area contributed by atoms with E-state index in [0.29, 0.717) is 0 Å². The minimum absolute atomic E-state index is 0.118. The average molecular weight is 253 g/mol. The third kappa shape index (κ3) is 3.07. The molecule has 0 aliphatic carbocycles. The van der Waals surface area contributed by atoms with Gasteiger partial charge in [-0.25, -0.2) is 0 Å². The van der Waals surface area contributed by atoms with E-state index in [1.165, 1.54) is 0 Å². The predicted molar refractivity (Wildman–Crippen MR) is 76.9 cm³/mol. The summed E-state index contributed by atoms with van der Waals surface area (Å²) < 4.78 is 0. The first-order valence-electron chi connectivity index (χ1n) is 6.22. The van der Waals surface area contributed by atoms with Crippen molar-refractivity contribution in [1.82, 2.24) is 0 Å². The fourth-order valence-corrected chi connectivity index (χ4v) is 1.99. The Kier molecular flexibility index (Phi) is 4.08. The van der Waals surface area contributed by atoms with E-state index >= 15 is 0 Å². The van der Waals surface area contributed by atoms with Gasteiger partial charge in [-0.05, 0) is 35.3 Å². The van der Waals surface area contributed by atoms with Crippen LogP contribution in [0.2, 0.25) is 0 Å². The molecule has 3 nitrogen and oxygen atoms in total. The molecule has 0 spiro atoms. The lowest BCUT2D eigenvalue weighted by atomic mass is 9.97. The van der Waals surface area contributed by atoms with Crippen molar-refractivity contribution < 1.29 is 4.92 Å². The summed E-state index contributed by atoms with van der Waals surface area (Å²) >= 11 is 0. The van der Waals surface area contributed by atoms with Crippen LogP contribution in [-0.2, 0) is 0 Å². The summed E-state index contributed by atoms with van der Waals surface area (Å²) in [6.07, 6.45) is 3.05. The van der Waals surface area contributed by atoms with Crippen LogP contribution in [0, 0.1) is 10.1 Å². The van der Waals surface area contributed by atoms with Crippen molar-refractivity contribution in [3.05, 3.63) is 81.9 Å². The van der Waals surface area contributed by atoms with Gasteiger partial charge in [0, 0.05) is 12.1 Å². The third-order valence-corrected chi connectivity index (χ3v) is 2.88. The zero-order valence-corrected chi connectivity index (χ0v) is 10.7. The Hall–Kier alpha value is -2.42. The Bertz CT molecular complexity index is 586. The molecule has 0 radical (unpaired) electrons. The number of benzene rings is 2. The van der Waals surface area contributed by atoms with Gasteiger partial charge in [-0.2, -0.15) is 0 Å². The maximum atomic E-state index is 10.7. The molecule has 2 rings (SSSR count). The highest BCUT2D eigenvalue weighted by molar-refractivity contribution is 5.80. The summed E-state index contributed by atoms with van der Waals surface area (Å²) in [6, 6.07) is 16.7. The van der Waals surface area contributed by atoms with E-state index < -0.39 is 0 Å². The van der Waals surface area contributed by atoms with Gasteiger partial charge in [0.15, 0.2) is 0 Å². The number of hydrogen-bond donors (Lipinski definition) is 0. The smallest absolute Gasteiger partial charge is 0.258 e. The van der Waals surface area contributed by atoms with E-state index in [4.69, 9.17) is 0 Å². The molecule has 3 heteroatoms. The Balaban J connectivity index is 2.41. The fraction of sp³-hybridized carbons (Fsp3) is 0.125. The van der Waals surface area contributed by atoms with Gasteiger partial charge < -0.3 is 0 Å². The second-order valence-corrected chi connectivity index (χ2v) is 4.20. The van der Waals surface area contributed by atoms with Crippen LogP contribution in [-0.4, -0.2) is 4.92 Å². The average Bonchev–Trinajstić information content (AvgIpc) is 2.46. The van der Waals surface area contributed by atoms with Crippen molar-refractivity contribution in [3.63, 3.8) is 0 Å². The molecule has 0 saturated heterocycles. The number of nitrogens with zero attached hydrogens (tertiary/aromatic N) is 1. The monoisotopic (exact) mass is 253 g/mol. The summed E-state index contributed by atoms with van der Waals surface area (Å²) in [5.41, 5.74) is 3.35. The van der Waals surface area contributed by atoms with Gasteiger partial charge in [-0.15, -0.1) is 0 Å². The minimum Gasteiger partial charge on any atom is -0.258 e. The Morgan fingerprint density at radius 2 is 1.63 bits per heavy atom. The number of rotatable bonds is 4. The van der Waals surface area contributed by atoms with Crippen LogP contribution in [0.25, 0.3) is 5.57 Å². The highest BCUT2D eigenvalue weighted by Gasteiger charge is 2.08. The van der Waals surface area contributed by atoms with E-state index in [9.17, 15) is 10.1 Å². The molecule has 2 aromatic carbocycles. The third-order valence-electron chi connectivity index (χ3n) is 2.88. The second kappa shape index (κ2) is 5.96. The number of hydrogen-bond acceptors (Lipinski definition) is 2. The molecule has 0 N–H and O–H groups in total. The first-order valence-corrected chi connectivity index (χ1v) is 6.22. The predicted octanol–water partition coefficient (Wildman–Crippen LogP) is 4.44. The molecule has 0 aliphatic heterocycles. The summed E-state index contributed by atoms with van der Waals surface area (Å²) in [7, 11) is 0. The molecule has 2 aromatic rings. The molecule has 0 atom stereocenters. The van der Waals surface area contributed by atoms with Gasteiger partial charge in [0.1, 0.15) is 0 Å². The molecule has 0 aliphatic rings. The number of nitro benzene ring substituents is 1. The van der Waals surface area contributed by atoms with Gasteiger partial charge in [0.05, 0.1) is 4.92 Å². The lowest BCUT2D eigenvalue weighted by Gasteiger charge is -2.08. The van der Waals surface area contributed by atoms with Crippen molar-refractivity contribution in [1.29, 1.82) is 0 Å².